The van der Waals surface area contributed by atoms with Gasteiger partial charge >= 0.3 is 0 Å². The lowest BCUT2D eigenvalue weighted by atomic mass is 10.1. The zero-order valence-corrected chi connectivity index (χ0v) is 19.3. The molecule has 3 aromatic carbocycles. The molecule has 0 spiro atoms. The lowest BCUT2D eigenvalue weighted by Crippen LogP contribution is -2.35. The van der Waals surface area contributed by atoms with Crippen molar-refractivity contribution in [3.05, 3.63) is 82.6 Å². The molecule has 1 saturated heterocycles. The second kappa shape index (κ2) is 9.00. The molecule has 6 nitrogen and oxygen atoms in total. The summed E-state index contributed by atoms with van der Waals surface area (Å²) in [7, 11) is 0. The molecule has 2 N–H and O–H groups in total. The molecule has 1 fully saturated rings. The van der Waals surface area contributed by atoms with Crippen LogP contribution < -0.4 is 11.3 Å². The van der Waals surface area contributed by atoms with Crippen LogP contribution in [0.2, 0.25) is 0 Å². The van der Waals surface area contributed by atoms with Crippen molar-refractivity contribution in [1.29, 1.82) is 0 Å². The summed E-state index contributed by atoms with van der Waals surface area (Å²) in [5, 5.41) is 2.68. The number of hydrogen-bond acceptors (Lipinski definition) is 5. The van der Waals surface area contributed by atoms with Gasteiger partial charge in [0.25, 0.3) is 5.56 Å². The van der Waals surface area contributed by atoms with Crippen LogP contribution in [0.25, 0.3) is 21.7 Å². The second-order valence-corrected chi connectivity index (χ2v) is 9.47. The number of likely N-dealkylation sites (tertiary alicyclic amines) is 1. The Bertz CT molecular complexity index is 1390. The third kappa shape index (κ3) is 4.14. The summed E-state index contributed by atoms with van der Waals surface area (Å²) in [6.45, 7) is 3.61. The Morgan fingerprint density at radius 3 is 2.48 bits per heavy atom. The smallest absolute Gasteiger partial charge is 0.262 e. The quantitative estimate of drug-likeness (QED) is 0.278. The molecule has 1 aliphatic heterocycles. The highest BCUT2D eigenvalue weighted by atomic mass is 32.2. The van der Waals surface area contributed by atoms with Gasteiger partial charge in [0, 0.05) is 25.7 Å². The lowest BCUT2D eigenvalue weighted by Gasteiger charge is -2.24. The van der Waals surface area contributed by atoms with Crippen LogP contribution in [-0.2, 0) is 11.3 Å². The van der Waals surface area contributed by atoms with Crippen molar-refractivity contribution in [2.75, 3.05) is 13.1 Å². The van der Waals surface area contributed by atoms with Crippen molar-refractivity contribution in [2.45, 2.75) is 36.3 Å². The summed E-state index contributed by atoms with van der Waals surface area (Å²) >= 11 is 1.34. The average molecular weight is 459 g/mol. The molecule has 0 bridgehead atoms. The molecular weight excluding hydrogens is 432 g/mol. The van der Waals surface area contributed by atoms with Crippen molar-refractivity contribution in [3.8, 4) is 0 Å². The summed E-state index contributed by atoms with van der Waals surface area (Å²) in [6, 6.07) is 21.5. The molecule has 2 atom stereocenters. The molecule has 168 valence electrons. The SMILES string of the molecule is CCn1c(SC(C(=O)N2CC[C@H](N)C2)c2ccccc2)nc2cc3ccccc3cc2c1=O. The Kier molecular flexibility index (Phi) is 5.91. The normalized spacial score (nSPS) is 17.0. The van der Waals surface area contributed by atoms with Crippen LogP contribution in [0.5, 0.6) is 0 Å². The molecule has 1 amide bonds. The van der Waals surface area contributed by atoms with Crippen molar-refractivity contribution < 1.29 is 4.79 Å². The molecule has 1 unspecified atom stereocenters. The van der Waals surface area contributed by atoms with Crippen LogP contribution >= 0.6 is 11.8 Å². The lowest BCUT2D eigenvalue weighted by molar-refractivity contribution is -0.129. The molecule has 0 saturated carbocycles. The molecule has 2 heterocycles. The number of benzene rings is 3. The largest absolute Gasteiger partial charge is 0.340 e. The third-order valence-electron chi connectivity index (χ3n) is 6.19. The van der Waals surface area contributed by atoms with E-state index in [2.05, 4.69) is 0 Å². The maximum atomic E-state index is 13.6. The minimum atomic E-state index is -0.501. The number of thioether (sulfide) groups is 1. The van der Waals surface area contributed by atoms with Gasteiger partial charge in [-0.15, -0.1) is 0 Å². The first-order chi connectivity index (χ1) is 16.0. The number of nitrogens with zero attached hydrogens (tertiary/aromatic N) is 3. The van der Waals surface area contributed by atoms with E-state index in [0.717, 1.165) is 22.8 Å². The summed E-state index contributed by atoms with van der Waals surface area (Å²) in [4.78, 5) is 33.7. The first-order valence-electron chi connectivity index (χ1n) is 11.2. The van der Waals surface area contributed by atoms with Gasteiger partial charge < -0.3 is 10.6 Å². The van der Waals surface area contributed by atoms with Crippen LogP contribution in [0.15, 0.2) is 76.7 Å². The zero-order chi connectivity index (χ0) is 22.9. The fourth-order valence-corrected chi connectivity index (χ4v) is 5.65. The van der Waals surface area contributed by atoms with E-state index in [4.69, 9.17) is 10.7 Å². The van der Waals surface area contributed by atoms with Crippen LogP contribution in [0.1, 0.15) is 24.2 Å². The fourth-order valence-electron chi connectivity index (χ4n) is 4.40. The highest BCUT2D eigenvalue weighted by Gasteiger charge is 2.32. The minimum absolute atomic E-state index is 0.00894. The predicted molar refractivity (Wildman–Crippen MR) is 133 cm³/mol. The maximum Gasteiger partial charge on any atom is 0.262 e. The first kappa shape index (κ1) is 21.7. The molecule has 0 radical (unpaired) electrons. The number of amides is 1. The van der Waals surface area contributed by atoms with E-state index in [1.165, 1.54) is 11.8 Å². The van der Waals surface area contributed by atoms with E-state index in [0.29, 0.717) is 35.7 Å². The van der Waals surface area contributed by atoms with Crippen molar-refractivity contribution in [1.82, 2.24) is 14.5 Å². The molecule has 7 heteroatoms. The Morgan fingerprint density at radius 2 is 1.82 bits per heavy atom. The number of hydrogen-bond donors (Lipinski definition) is 1. The van der Waals surface area contributed by atoms with Gasteiger partial charge in [-0.2, -0.15) is 0 Å². The molecular formula is C26H26N4O2S. The minimum Gasteiger partial charge on any atom is -0.340 e. The van der Waals surface area contributed by atoms with Gasteiger partial charge in [0.15, 0.2) is 5.16 Å². The Labute approximate surface area is 196 Å². The second-order valence-electron chi connectivity index (χ2n) is 8.40. The number of carbonyl (C=O) groups is 1. The van der Waals surface area contributed by atoms with Gasteiger partial charge in [0.05, 0.1) is 10.9 Å². The Hall–Kier alpha value is -3.16. The Morgan fingerprint density at radius 1 is 1.12 bits per heavy atom. The number of aromatic nitrogens is 2. The molecule has 1 aliphatic rings. The van der Waals surface area contributed by atoms with Crippen molar-refractivity contribution in [3.63, 3.8) is 0 Å². The van der Waals surface area contributed by atoms with E-state index >= 15 is 0 Å². The molecule has 33 heavy (non-hydrogen) atoms. The Balaban J connectivity index is 1.61. The van der Waals surface area contributed by atoms with Crippen LogP contribution in [0.3, 0.4) is 0 Å². The topological polar surface area (TPSA) is 81.2 Å². The number of fused-ring (bicyclic) bond motifs is 2. The van der Waals surface area contributed by atoms with Crippen LogP contribution in [0, 0.1) is 0 Å². The maximum absolute atomic E-state index is 13.6. The third-order valence-corrected chi connectivity index (χ3v) is 7.42. The average Bonchev–Trinajstić information content (AvgIpc) is 3.28. The van der Waals surface area contributed by atoms with Gasteiger partial charge in [-0.1, -0.05) is 66.4 Å². The van der Waals surface area contributed by atoms with E-state index in [1.54, 1.807) is 4.57 Å². The summed E-state index contributed by atoms with van der Waals surface area (Å²) < 4.78 is 1.67. The zero-order valence-electron chi connectivity index (χ0n) is 18.5. The number of carbonyl (C=O) groups excluding carboxylic acids is 1. The molecule has 5 rings (SSSR count). The number of nitrogens with two attached hydrogens (primary N) is 1. The van der Waals surface area contributed by atoms with E-state index in [-0.39, 0.29) is 17.5 Å². The highest BCUT2D eigenvalue weighted by molar-refractivity contribution is 8.00. The van der Waals surface area contributed by atoms with Gasteiger partial charge in [-0.05, 0) is 41.8 Å². The van der Waals surface area contributed by atoms with Crippen molar-refractivity contribution in [2.24, 2.45) is 5.73 Å². The van der Waals surface area contributed by atoms with Gasteiger partial charge in [0.1, 0.15) is 5.25 Å². The summed E-state index contributed by atoms with van der Waals surface area (Å²) in [5.41, 5.74) is 7.52. The van der Waals surface area contributed by atoms with E-state index < -0.39 is 5.25 Å². The van der Waals surface area contributed by atoms with Gasteiger partial charge in [0.2, 0.25) is 5.91 Å². The monoisotopic (exact) mass is 458 g/mol. The van der Waals surface area contributed by atoms with Crippen LogP contribution in [-0.4, -0.2) is 39.5 Å². The first-order valence-corrected chi connectivity index (χ1v) is 12.1. The number of rotatable bonds is 5. The predicted octanol–water partition coefficient (Wildman–Crippen LogP) is 3.96. The van der Waals surface area contributed by atoms with E-state index in [9.17, 15) is 9.59 Å². The fraction of sp³-hybridized carbons (Fsp3) is 0.269. The summed E-state index contributed by atoms with van der Waals surface area (Å²) in [5.74, 6) is 0.00894. The molecule has 0 aliphatic carbocycles. The summed E-state index contributed by atoms with van der Waals surface area (Å²) in [6.07, 6.45) is 0.804. The van der Waals surface area contributed by atoms with Crippen molar-refractivity contribution >= 4 is 39.3 Å². The van der Waals surface area contributed by atoms with Gasteiger partial charge in [-0.25, -0.2) is 4.98 Å². The highest BCUT2D eigenvalue weighted by Crippen LogP contribution is 2.37. The standard InChI is InChI=1S/C26H26N4O2S/c1-2-30-24(31)21-14-18-10-6-7-11-19(18)15-22(21)28-26(30)33-23(17-8-4-3-5-9-17)25(32)29-13-12-20(27)16-29/h3-11,14-15,20,23H,2,12-13,16,27H2,1H3/t20-,23?/m0/s1. The van der Waals surface area contributed by atoms with Gasteiger partial charge in [-0.3, -0.25) is 14.2 Å². The van der Waals surface area contributed by atoms with E-state index in [1.807, 2.05) is 78.6 Å². The van der Waals surface area contributed by atoms with Crippen LogP contribution in [0.4, 0.5) is 0 Å². The molecule has 4 aromatic rings. The molecule has 1 aromatic heterocycles.